The van der Waals surface area contributed by atoms with Gasteiger partial charge in [-0.05, 0) is 57.4 Å². The van der Waals surface area contributed by atoms with Crippen LogP contribution in [0.2, 0.25) is 5.02 Å². The van der Waals surface area contributed by atoms with Gasteiger partial charge >= 0.3 is 0 Å². The summed E-state index contributed by atoms with van der Waals surface area (Å²) in [6, 6.07) is 7.32. The van der Waals surface area contributed by atoms with Crippen LogP contribution in [0.25, 0.3) is 0 Å². The highest BCUT2D eigenvalue weighted by atomic mass is 35.5. The lowest BCUT2D eigenvalue weighted by atomic mass is 9.98. The lowest BCUT2D eigenvalue weighted by Crippen LogP contribution is -2.37. The van der Waals surface area contributed by atoms with Crippen molar-refractivity contribution in [2.75, 3.05) is 11.9 Å². The van der Waals surface area contributed by atoms with Crippen LogP contribution in [-0.4, -0.2) is 18.6 Å². The third kappa shape index (κ3) is 3.89. The van der Waals surface area contributed by atoms with Gasteiger partial charge in [0, 0.05) is 22.8 Å². The molecule has 0 aliphatic carbocycles. The number of aryl methyl sites for hydroxylation is 1. The minimum atomic E-state index is 0.472. The van der Waals surface area contributed by atoms with Crippen molar-refractivity contribution in [2.45, 2.75) is 51.6 Å². The Labute approximate surface area is 115 Å². The SMILES string of the molecule is Cc1ccc(NC(C)CC2CCCCN2)cc1Cl. The van der Waals surface area contributed by atoms with Gasteiger partial charge in [0.25, 0.3) is 0 Å². The topological polar surface area (TPSA) is 24.1 Å². The maximum atomic E-state index is 6.14. The summed E-state index contributed by atoms with van der Waals surface area (Å²) in [5, 5.41) is 7.96. The lowest BCUT2D eigenvalue weighted by Gasteiger charge is -2.27. The van der Waals surface area contributed by atoms with Gasteiger partial charge < -0.3 is 10.6 Å². The molecule has 1 saturated heterocycles. The standard InChI is InChI=1S/C15H23ClN2/c1-11-6-7-14(10-15(11)16)18-12(2)9-13-5-3-4-8-17-13/h6-7,10,12-13,17-18H,3-5,8-9H2,1-2H3. The third-order valence-corrected chi connectivity index (χ3v) is 4.04. The summed E-state index contributed by atoms with van der Waals surface area (Å²) >= 11 is 6.14. The van der Waals surface area contributed by atoms with Crippen LogP contribution in [0.3, 0.4) is 0 Å². The molecule has 0 spiro atoms. The molecule has 100 valence electrons. The van der Waals surface area contributed by atoms with Gasteiger partial charge in [0.05, 0.1) is 0 Å². The minimum Gasteiger partial charge on any atom is -0.382 e. The maximum Gasteiger partial charge on any atom is 0.0455 e. The molecule has 2 rings (SSSR count). The largest absolute Gasteiger partial charge is 0.382 e. The van der Waals surface area contributed by atoms with Crippen LogP contribution < -0.4 is 10.6 Å². The summed E-state index contributed by atoms with van der Waals surface area (Å²) in [6.45, 7) is 5.44. The van der Waals surface area contributed by atoms with Gasteiger partial charge in [-0.2, -0.15) is 0 Å². The molecule has 0 amide bonds. The smallest absolute Gasteiger partial charge is 0.0455 e. The molecule has 2 nitrogen and oxygen atoms in total. The van der Waals surface area contributed by atoms with Crippen LogP contribution in [0.1, 0.15) is 38.2 Å². The van der Waals surface area contributed by atoms with Gasteiger partial charge in [-0.25, -0.2) is 0 Å². The van der Waals surface area contributed by atoms with Crippen LogP contribution >= 0.6 is 11.6 Å². The van der Waals surface area contributed by atoms with E-state index in [0.717, 1.165) is 16.3 Å². The molecule has 3 heteroatoms. The van der Waals surface area contributed by atoms with Gasteiger partial charge in [0.2, 0.25) is 0 Å². The average Bonchev–Trinajstić information content (AvgIpc) is 2.35. The molecule has 2 N–H and O–H groups in total. The van der Waals surface area contributed by atoms with Gasteiger partial charge in [0.1, 0.15) is 0 Å². The third-order valence-electron chi connectivity index (χ3n) is 3.64. The Morgan fingerprint density at radius 3 is 2.94 bits per heavy atom. The molecular weight excluding hydrogens is 244 g/mol. The van der Waals surface area contributed by atoms with E-state index in [2.05, 4.69) is 29.7 Å². The zero-order valence-electron chi connectivity index (χ0n) is 11.3. The van der Waals surface area contributed by atoms with Crippen LogP contribution in [0.4, 0.5) is 5.69 Å². The van der Waals surface area contributed by atoms with Crippen molar-refractivity contribution in [2.24, 2.45) is 0 Å². The molecule has 1 heterocycles. The molecule has 1 aromatic rings. The van der Waals surface area contributed by atoms with E-state index in [1.54, 1.807) is 0 Å². The zero-order valence-corrected chi connectivity index (χ0v) is 12.1. The van der Waals surface area contributed by atoms with Crippen molar-refractivity contribution in [3.63, 3.8) is 0 Å². The first-order valence-electron chi connectivity index (χ1n) is 6.91. The molecule has 0 aromatic heterocycles. The molecule has 0 saturated carbocycles. The van der Waals surface area contributed by atoms with Crippen molar-refractivity contribution in [3.05, 3.63) is 28.8 Å². The lowest BCUT2D eigenvalue weighted by molar-refractivity contribution is 0.371. The number of piperidine rings is 1. The number of benzene rings is 1. The zero-order chi connectivity index (χ0) is 13.0. The highest BCUT2D eigenvalue weighted by Crippen LogP contribution is 2.21. The van der Waals surface area contributed by atoms with Crippen molar-refractivity contribution >= 4 is 17.3 Å². The van der Waals surface area contributed by atoms with E-state index in [9.17, 15) is 0 Å². The van der Waals surface area contributed by atoms with E-state index >= 15 is 0 Å². The van der Waals surface area contributed by atoms with E-state index in [4.69, 9.17) is 11.6 Å². The van der Waals surface area contributed by atoms with Crippen molar-refractivity contribution < 1.29 is 0 Å². The monoisotopic (exact) mass is 266 g/mol. The Morgan fingerprint density at radius 2 is 2.28 bits per heavy atom. The Bertz CT molecular complexity index is 386. The quantitative estimate of drug-likeness (QED) is 0.861. The first-order chi connectivity index (χ1) is 8.65. The van der Waals surface area contributed by atoms with Crippen molar-refractivity contribution in [1.82, 2.24) is 5.32 Å². The molecule has 1 aliphatic heterocycles. The molecule has 1 aliphatic rings. The fraction of sp³-hybridized carbons (Fsp3) is 0.600. The number of hydrogen-bond acceptors (Lipinski definition) is 2. The molecule has 18 heavy (non-hydrogen) atoms. The number of nitrogens with one attached hydrogen (secondary N) is 2. The molecular formula is C15H23ClN2. The number of anilines is 1. The first-order valence-corrected chi connectivity index (χ1v) is 7.29. The van der Waals surface area contributed by atoms with Crippen LogP contribution in [0, 0.1) is 6.92 Å². The second-order valence-corrected chi connectivity index (χ2v) is 5.80. The van der Waals surface area contributed by atoms with E-state index in [0.29, 0.717) is 12.1 Å². The highest BCUT2D eigenvalue weighted by molar-refractivity contribution is 6.31. The normalized spacial score (nSPS) is 21.6. The van der Waals surface area contributed by atoms with Crippen molar-refractivity contribution in [1.29, 1.82) is 0 Å². The predicted octanol–water partition coefficient (Wildman–Crippen LogP) is 3.98. The van der Waals surface area contributed by atoms with Crippen LogP contribution in [0.15, 0.2) is 18.2 Å². The van der Waals surface area contributed by atoms with Crippen molar-refractivity contribution in [3.8, 4) is 0 Å². The molecule has 2 unspecified atom stereocenters. The molecule has 2 atom stereocenters. The Balaban J connectivity index is 1.85. The number of halogens is 1. The van der Waals surface area contributed by atoms with E-state index in [1.165, 1.54) is 32.2 Å². The second kappa shape index (κ2) is 6.44. The maximum absolute atomic E-state index is 6.14. The van der Waals surface area contributed by atoms with E-state index in [1.807, 2.05) is 13.0 Å². The van der Waals surface area contributed by atoms with Crippen LogP contribution in [-0.2, 0) is 0 Å². The Kier molecular flexibility index (Phi) is 4.90. The van der Waals surface area contributed by atoms with E-state index in [-0.39, 0.29) is 0 Å². The van der Waals surface area contributed by atoms with Gasteiger partial charge in [-0.15, -0.1) is 0 Å². The molecule has 1 aromatic carbocycles. The summed E-state index contributed by atoms with van der Waals surface area (Å²) in [6.07, 6.45) is 5.17. The second-order valence-electron chi connectivity index (χ2n) is 5.39. The average molecular weight is 267 g/mol. The predicted molar refractivity (Wildman–Crippen MR) is 79.5 cm³/mol. The summed E-state index contributed by atoms with van der Waals surface area (Å²) in [5.41, 5.74) is 2.25. The number of hydrogen-bond donors (Lipinski definition) is 2. The molecule has 1 fully saturated rings. The molecule has 0 radical (unpaired) electrons. The molecule has 0 bridgehead atoms. The number of rotatable bonds is 4. The van der Waals surface area contributed by atoms with E-state index < -0.39 is 0 Å². The van der Waals surface area contributed by atoms with Gasteiger partial charge in [-0.3, -0.25) is 0 Å². The van der Waals surface area contributed by atoms with Crippen LogP contribution in [0.5, 0.6) is 0 Å². The Hall–Kier alpha value is -0.730. The summed E-state index contributed by atoms with van der Waals surface area (Å²) < 4.78 is 0. The first kappa shape index (κ1) is 13.7. The van der Waals surface area contributed by atoms with Gasteiger partial charge in [-0.1, -0.05) is 24.1 Å². The van der Waals surface area contributed by atoms with Gasteiger partial charge in [0.15, 0.2) is 0 Å². The Morgan fingerprint density at radius 1 is 1.44 bits per heavy atom. The minimum absolute atomic E-state index is 0.472. The fourth-order valence-electron chi connectivity index (χ4n) is 2.58. The summed E-state index contributed by atoms with van der Waals surface area (Å²) in [7, 11) is 0. The highest BCUT2D eigenvalue weighted by Gasteiger charge is 2.15. The summed E-state index contributed by atoms with van der Waals surface area (Å²) in [4.78, 5) is 0. The fourth-order valence-corrected chi connectivity index (χ4v) is 2.76. The summed E-state index contributed by atoms with van der Waals surface area (Å²) in [5.74, 6) is 0.